The van der Waals surface area contributed by atoms with Crippen LogP contribution in [0.5, 0.6) is 0 Å². The Bertz CT molecular complexity index is 1020. The van der Waals surface area contributed by atoms with E-state index in [2.05, 4.69) is 0 Å². The number of aliphatic hydroxyl groups excluding tert-OH is 1. The SMILES string of the molecule is Cc1ccc(C)c(/C(O)=C2\C(=O)C(=O)N(CC3CCCO3)C2c2ccc(Cl)cc2)c1. The molecule has 2 saturated heterocycles. The first-order valence-corrected chi connectivity index (χ1v) is 10.5. The van der Waals surface area contributed by atoms with Crippen LogP contribution in [-0.2, 0) is 14.3 Å². The summed E-state index contributed by atoms with van der Waals surface area (Å²) in [7, 11) is 0. The minimum absolute atomic E-state index is 0.106. The van der Waals surface area contributed by atoms with Gasteiger partial charge in [-0.15, -0.1) is 0 Å². The highest BCUT2D eigenvalue weighted by atomic mass is 35.5. The van der Waals surface area contributed by atoms with Gasteiger partial charge in [0.15, 0.2) is 0 Å². The summed E-state index contributed by atoms with van der Waals surface area (Å²) in [6.45, 7) is 4.75. The highest BCUT2D eigenvalue weighted by Gasteiger charge is 2.47. The number of ether oxygens (including phenoxy) is 1. The fourth-order valence-electron chi connectivity index (χ4n) is 4.20. The van der Waals surface area contributed by atoms with Gasteiger partial charge in [-0.3, -0.25) is 9.59 Å². The van der Waals surface area contributed by atoms with Crippen molar-refractivity contribution in [1.82, 2.24) is 4.90 Å². The molecule has 156 valence electrons. The first-order valence-electron chi connectivity index (χ1n) is 10.1. The predicted molar refractivity (Wildman–Crippen MR) is 115 cm³/mol. The van der Waals surface area contributed by atoms with Crippen molar-refractivity contribution in [1.29, 1.82) is 0 Å². The molecule has 0 aromatic heterocycles. The molecule has 2 aliphatic heterocycles. The molecule has 2 fully saturated rings. The Balaban J connectivity index is 1.86. The van der Waals surface area contributed by atoms with E-state index in [1.807, 2.05) is 32.0 Å². The Kier molecular flexibility index (Phi) is 5.67. The van der Waals surface area contributed by atoms with Crippen LogP contribution in [0.2, 0.25) is 5.02 Å². The summed E-state index contributed by atoms with van der Waals surface area (Å²) in [5.74, 6) is -1.44. The number of halogens is 1. The van der Waals surface area contributed by atoms with Crippen LogP contribution in [-0.4, -0.2) is 41.0 Å². The molecular formula is C24H24ClNO4. The smallest absolute Gasteiger partial charge is 0.295 e. The summed E-state index contributed by atoms with van der Waals surface area (Å²) in [6, 6.07) is 12.0. The van der Waals surface area contributed by atoms with Crippen molar-refractivity contribution < 1.29 is 19.4 Å². The van der Waals surface area contributed by atoms with Gasteiger partial charge >= 0.3 is 0 Å². The lowest BCUT2D eigenvalue weighted by Gasteiger charge is -2.27. The molecule has 0 bridgehead atoms. The number of hydrogen-bond donors (Lipinski definition) is 1. The van der Waals surface area contributed by atoms with E-state index < -0.39 is 17.7 Å². The van der Waals surface area contributed by atoms with E-state index in [0.29, 0.717) is 23.7 Å². The second kappa shape index (κ2) is 8.25. The molecule has 6 heteroatoms. The van der Waals surface area contributed by atoms with Gasteiger partial charge in [0.2, 0.25) is 0 Å². The summed E-state index contributed by atoms with van der Waals surface area (Å²) >= 11 is 6.05. The van der Waals surface area contributed by atoms with Gasteiger partial charge in [-0.25, -0.2) is 0 Å². The summed E-state index contributed by atoms with van der Waals surface area (Å²) in [4.78, 5) is 27.6. The Hall–Kier alpha value is -2.63. The second-order valence-electron chi connectivity index (χ2n) is 7.96. The highest BCUT2D eigenvalue weighted by molar-refractivity contribution is 6.46. The molecule has 2 unspecified atom stereocenters. The van der Waals surface area contributed by atoms with Crippen LogP contribution in [0.25, 0.3) is 5.76 Å². The number of rotatable bonds is 4. The van der Waals surface area contributed by atoms with E-state index >= 15 is 0 Å². The van der Waals surface area contributed by atoms with Crippen molar-refractivity contribution in [3.8, 4) is 0 Å². The normalized spacial score (nSPS) is 23.4. The fourth-order valence-corrected chi connectivity index (χ4v) is 4.33. The molecule has 0 radical (unpaired) electrons. The van der Waals surface area contributed by atoms with E-state index in [-0.39, 0.29) is 17.4 Å². The molecule has 0 spiro atoms. The average Bonchev–Trinajstić information content (AvgIpc) is 3.32. The molecule has 1 amide bonds. The van der Waals surface area contributed by atoms with Gasteiger partial charge in [0, 0.05) is 23.7 Å². The van der Waals surface area contributed by atoms with Crippen molar-refractivity contribution in [2.75, 3.05) is 13.2 Å². The monoisotopic (exact) mass is 425 g/mol. The quantitative estimate of drug-likeness (QED) is 0.443. The zero-order valence-electron chi connectivity index (χ0n) is 17.0. The zero-order valence-corrected chi connectivity index (χ0v) is 17.8. The van der Waals surface area contributed by atoms with Crippen LogP contribution in [0.15, 0.2) is 48.0 Å². The number of hydrogen-bond acceptors (Lipinski definition) is 4. The van der Waals surface area contributed by atoms with Gasteiger partial charge in [-0.1, -0.05) is 41.4 Å². The topological polar surface area (TPSA) is 66.8 Å². The summed E-state index contributed by atoms with van der Waals surface area (Å²) < 4.78 is 5.71. The number of carbonyl (C=O) groups excluding carboxylic acids is 2. The van der Waals surface area contributed by atoms with E-state index in [0.717, 1.165) is 29.5 Å². The lowest BCUT2D eigenvalue weighted by molar-refractivity contribution is -0.140. The Morgan fingerprint density at radius 2 is 1.90 bits per heavy atom. The molecule has 0 saturated carbocycles. The van der Waals surface area contributed by atoms with Gasteiger partial charge in [-0.05, 0) is 56.0 Å². The summed E-state index contributed by atoms with van der Waals surface area (Å²) in [6.07, 6.45) is 1.66. The minimum Gasteiger partial charge on any atom is -0.507 e. The summed E-state index contributed by atoms with van der Waals surface area (Å²) in [5, 5.41) is 11.8. The van der Waals surface area contributed by atoms with Crippen molar-refractivity contribution in [3.63, 3.8) is 0 Å². The number of benzene rings is 2. The minimum atomic E-state index is -0.689. The molecule has 2 aliphatic rings. The van der Waals surface area contributed by atoms with Gasteiger partial charge in [0.1, 0.15) is 5.76 Å². The maximum absolute atomic E-state index is 13.1. The van der Waals surface area contributed by atoms with Gasteiger partial charge in [0.05, 0.1) is 17.7 Å². The Morgan fingerprint density at radius 3 is 2.57 bits per heavy atom. The number of amides is 1. The van der Waals surface area contributed by atoms with Gasteiger partial charge < -0.3 is 14.7 Å². The number of aryl methyl sites for hydroxylation is 2. The molecule has 5 nitrogen and oxygen atoms in total. The van der Waals surface area contributed by atoms with E-state index in [4.69, 9.17) is 16.3 Å². The number of nitrogens with zero attached hydrogens (tertiary/aromatic N) is 1. The van der Waals surface area contributed by atoms with E-state index in [1.165, 1.54) is 4.90 Å². The van der Waals surface area contributed by atoms with Crippen LogP contribution >= 0.6 is 11.6 Å². The number of ketones is 1. The first kappa shape index (κ1) is 20.6. The predicted octanol–water partition coefficient (Wildman–Crippen LogP) is 4.56. The highest BCUT2D eigenvalue weighted by Crippen LogP contribution is 2.40. The number of carbonyl (C=O) groups is 2. The summed E-state index contributed by atoms with van der Waals surface area (Å²) in [5.41, 5.74) is 3.18. The Morgan fingerprint density at radius 1 is 1.17 bits per heavy atom. The van der Waals surface area contributed by atoms with Crippen molar-refractivity contribution in [3.05, 3.63) is 75.3 Å². The number of likely N-dealkylation sites (tertiary alicyclic amines) is 1. The molecule has 2 aromatic carbocycles. The van der Waals surface area contributed by atoms with Gasteiger partial charge in [-0.2, -0.15) is 0 Å². The maximum Gasteiger partial charge on any atom is 0.295 e. The molecule has 0 aliphatic carbocycles. The average molecular weight is 426 g/mol. The Labute approximate surface area is 180 Å². The molecule has 2 heterocycles. The number of Topliss-reactive ketones (excluding diaryl/α,β-unsaturated/α-hetero) is 1. The molecular weight excluding hydrogens is 402 g/mol. The van der Waals surface area contributed by atoms with Crippen LogP contribution < -0.4 is 0 Å². The third-order valence-corrected chi connectivity index (χ3v) is 6.05. The lowest BCUT2D eigenvalue weighted by atomic mass is 9.93. The fraction of sp³-hybridized carbons (Fsp3) is 0.333. The molecule has 1 N–H and O–H groups in total. The first-order chi connectivity index (χ1) is 14.4. The van der Waals surface area contributed by atoms with Crippen molar-refractivity contribution in [2.24, 2.45) is 0 Å². The lowest BCUT2D eigenvalue weighted by Crippen LogP contribution is -2.36. The van der Waals surface area contributed by atoms with Crippen molar-refractivity contribution in [2.45, 2.75) is 38.8 Å². The van der Waals surface area contributed by atoms with Crippen LogP contribution in [0.4, 0.5) is 0 Å². The van der Waals surface area contributed by atoms with Crippen LogP contribution in [0.1, 0.15) is 41.1 Å². The van der Waals surface area contributed by atoms with Crippen LogP contribution in [0.3, 0.4) is 0 Å². The third-order valence-electron chi connectivity index (χ3n) is 5.80. The van der Waals surface area contributed by atoms with Gasteiger partial charge in [0.25, 0.3) is 11.7 Å². The molecule has 4 rings (SSSR count). The maximum atomic E-state index is 13.1. The standard InChI is InChI=1S/C24H24ClNO4/c1-14-5-6-15(2)19(12-14)22(27)20-21(16-7-9-17(25)10-8-16)26(24(29)23(20)28)13-18-4-3-11-30-18/h5-10,12,18,21,27H,3-4,11,13H2,1-2H3/b22-20+. The van der Waals surface area contributed by atoms with Crippen LogP contribution in [0, 0.1) is 13.8 Å². The van der Waals surface area contributed by atoms with E-state index in [9.17, 15) is 14.7 Å². The van der Waals surface area contributed by atoms with E-state index in [1.54, 1.807) is 24.3 Å². The van der Waals surface area contributed by atoms with Crippen molar-refractivity contribution >= 4 is 29.1 Å². The second-order valence-corrected chi connectivity index (χ2v) is 8.39. The molecule has 30 heavy (non-hydrogen) atoms. The largest absolute Gasteiger partial charge is 0.507 e. The zero-order chi connectivity index (χ0) is 21.4. The number of aliphatic hydroxyl groups is 1. The third kappa shape index (κ3) is 3.75. The molecule has 2 aromatic rings. The molecule has 2 atom stereocenters.